The SMILES string of the molecule is COCCCNCc1cc2c(cc1O)OCO2. The number of benzene rings is 1. The first-order valence-corrected chi connectivity index (χ1v) is 5.62. The Morgan fingerprint density at radius 2 is 2.12 bits per heavy atom. The predicted molar refractivity (Wildman–Crippen MR) is 62.4 cm³/mol. The van der Waals surface area contributed by atoms with Crippen LogP contribution in [0.25, 0.3) is 0 Å². The molecule has 5 nitrogen and oxygen atoms in total. The van der Waals surface area contributed by atoms with Gasteiger partial charge in [-0.15, -0.1) is 0 Å². The third kappa shape index (κ3) is 3.01. The summed E-state index contributed by atoms with van der Waals surface area (Å²) in [4.78, 5) is 0. The van der Waals surface area contributed by atoms with Crippen LogP contribution >= 0.6 is 0 Å². The van der Waals surface area contributed by atoms with Gasteiger partial charge < -0.3 is 24.6 Å². The van der Waals surface area contributed by atoms with Crippen molar-refractivity contribution in [2.45, 2.75) is 13.0 Å². The Kier molecular flexibility index (Phi) is 4.06. The lowest BCUT2D eigenvalue weighted by Gasteiger charge is -2.07. The molecule has 0 fully saturated rings. The summed E-state index contributed by atoms with van der Waals surface area (Å²) in [6.45, 7) is 2.41. The molecule has 1 aliphatic rings. The summed E-state index contributed by atoms with van der Waals surface area (Å²) >= 11 is 0. The highest BCUT2D eigenvalue weighted by Gasteiger charge is 2.16. The Hall–Kier alpha value is -1.46. The van der Waals surface area contributed by atoms with Gasteiger partial charge in [0.2, 0.25) is 6.79 Å². The molecule has 94 valence electrons. The second kappa shape index (κ2) is 5.75. The van der Waals surface area contributed by atoms with Gasteiger partial charge in [0.1, 0.15) is 5.75 Å². The minimum atomic E-state index is 0.222. The van der Waals surface area contributed by atoms with Crippen molar-refractivity contribution < 1.29 is 19.3 Å². The molecule has 5 heteroatoms. The Bertz CT molecular complexity index is 381. The Morgan fingerprint density at radius 3 is 2.88 bits per heavy atom. The maximum Gasteiger partial charge on any atom is 0.231 e. The van der Waals surface area contributed by atoms with Gasteiger partial charge in [-0.3, -0.25) is 0 Å². The molecular weight excluding hydrogens is 222 g/mol. The van der Waals surface area contributed by atoms with E-state index in [1.165, 1.54) is 0 Å². The molecule has 1 aliphatic heterocycles. The van der Waals surface area contributed by atoms with Crippen molar-refractivity contribution in [2.75, 3.05) is 27.1 Å². The Balaban J connectivity index is 1.88. The van der Waals surface area contributed by atoms with Crippen molar-refractivity contribution in [1.82, 2.24) is 5.32 Å². The molecule has 1 aromatic carbocycles. The van der Waals surface area contributed by atoms with Gasteiger partial charge in [-0.25, -0.2) is 0 Å². The van der Waals surface area contributed by atoms with Crippen LogP contribution in [0, 0.1) is 0 Å². The standard InChI is InChI=1S/C12H17NO4/c1-15-4-2-3-13-7-9-5-11-12(6-10(9)14)17-8-16-11/h5-6,13-14H,2-4,7-8H2,1H3. The highest BCUT2D eigenvalue weighted by molar-refractivity contribution is 5.51. The van der Waals surface area contributed by atoms with Gasteiger partial charge in [0.15, 0.2) is 11.5 Å². The first-order valence-electron chi connectivity index (χ1n) is 5.62. The van der Waals surface area contributed by atoms with E-state index in [1.807, 2.05) is 0 Å². The lowest BCUT2D eigenvalue weighted by molar-refractivity contribution is 0.174. The lowest BCUT2D eigenvalue weighted by atomic mass is 10.1. The first kappa shape index (κ1) is 12.0. The van der Waals surface area contributed by atoms with Gasteiger partial charge in [-0.05, 0) is 19.0 Å². The number of nitrogens with one attached hydrogen (secondary N) is 1. The fraction of sp³-hybridized carbons (Fsp3) is 0.500. The van der Waals surface area contributed by atoms with Gasteiger partial charge >= 0.3 is 0 Å². The van der Waals surface area contributed by atoms with Crippen molar-refractivity contribution >= 4 is 0 Å². The van der Waals surface area contributed by atoms with E-state index in [1.54, 1.807) is 19.2 Å². The number of aromatic hydroxyl groups is 1. The van der Waals surface area contributed by atoms with E-state index in [4.69, 9.17) is 14.2 Å². The van der Waals surface area contributed by atoms with Gasteiger partial charge in [0, 0.05) is 31.9 Å². The summed E-state index contributed by atoms with van der Waals surface area (Å²) in [6, 6.07) is 3.40. The van der Waals surface area contributed by atoms with E-state index in [0.29, 0.717) is 18.0 Å². The molecule has 0 amide bonds. The highest BCUT2D eigenvalue weighted by Crippen LogP contribution is 2.37. The fourth-order valence-electron chi connectivity index (χ4n) is 1.68. The average molecular weight is 239 g/mol. The van der Waals surface area contributed by atoms with Crippen LogP contribution in [0.1, 0.15) is 12.0 Å². The van der Waals surface area contributed by atoms with Gasteiger partial charge in [0.05, 0.1) is 0 Å². The van der Waals surface area contributed by atoms with E-state index in [2.05, 4.69) is 5.32 Å². The maximum absolute atomic E-state index is 9.78. The quantitative estimate of drug-likeness (QED) is 0.731. The molecule has 0 spiro atoms. The van der Waals surface area contributed by atoms with E-state index in [-0.39, 0.29) is 12.5 Å². The van der Waals surface area contributed by atoms with Crippen LogP contribution in [-0.4, -0.2) is 32.2 Å². The summed E-state index contributed by atoms with van der Waals surface area (Å²) in [5.74, 6) is 1.52. The largest absolute Gasteiger partial charge is 0.507 e. The molecule has 0 bridgehead atoms. The van der Waals surface area contributed by atoms with E-state index in [0.717, 1.165) is 25.1 Å². The molecule has 0 atom stereocenters. The lowest BCUT2D eigenvalue weighted by Crippen LogP contribution is -2.16. The molecule has 0 saturated carbocycles. The molecule has 1 aromatic rings. The van der Waals surface area contributed by atoms with Crippen LogP contribution in [0.15, 0.2) is 12.1 Å². The summed E-state index contributed by atoms with van der Waals surface area (Å²) < 4.78 is 15.4. The molecule has 0 aliphatic carbocycles. The van der Waals surface area contributed by atoms with Crippen LogP contribution in [0.3, 0.4) is 0 Å². The van der Waals surface area contributed by atoms with E-state index < -0.39 is 0 Å². The van der Waals surface area contributed by atoms with Crippen molar-refractivity contribution in [2.24, 2.45) is 0 Å². The molecular formula is C12H17NO4. The van der Waals surface area contributed by atoms with Crippen molar-refractivity contribution in [3.8, 4) is 17.2 Å². The molecule has 17 heavy (non-hydrogen) atoms. The van der Waals surface area contributed by atoms with Crippen LogP contribution in [-0.2, 0) is 11.3 Å². The van der Waals surface area contributed by atoms with E-state index >= 15 is 0 Å². The van der Waals surface area contributed by atoms with Crippen LogP contribution in [0.4, 0.5) is 0 Å². The zero-order valence-corrected chi connectivity index (χ0v) is 9.86. The van der Waals surface area contributed by atoms with Gasteiger partial charge in [0.25, 0.3) is 0 Å². The second-order valence-corrected chi connectivity index (χ2v) is 3.86. The number of rotatable bonds is 6. The Labute approximate surface area is 100 Å². The average Bonchev–Trinajstić information content (AvgIpc) is 2.76. The molecule has 2 rings (SSSR count). The number of phenols is 1. The molecule has 0 saturated heterocycles. The smallest absolute Gasteiger partial charge is 0.231 e. The molecule has 1 heterocycles. The third-order valence-electron chi connectivity index (χ3n) is 2.59. The predicted octanol–water partition coefficient (Wildman–Crippen LogP) is 1.25. The minimum absolute atomic E-state index is 0.222. The van der Waals surface area contributed by atoms with Crippen molar-refractivity contribution in [3.63, 3.8) is 0 Å². The maximum atomic E-state index is 9.78. The normalized spacial score (nSPS) is 13.0. The summed E-state index contributed by atoms with van der Waals surface area (Å²) in [5.41, 5.74) is 0.812. The molecule has 0 radical (unpaired) electrons. The van der Waals surface area contributed by atoms with Crippen molar-refractivity contribution in [1.29, 1.82) is 0 Å². The number of hydrogen-bond donors (Lipinski definition) is 2. The molecule has 0 unspecified atom stereocenters. The van der Waals surface area contributed by atoms with E-state index in [9.17, 15) is 5.11 Å². The summed E-state index contributed by atoms with van der Waals surface area (Å²) in [5, 5.41) is 13.0. The zero-order chi connectivity index (χ0) is 12.1. The third-order valence-corrected chi connectivity index (χ3v) is 2.59. The summed E-state index contributed by atoms with van der Waals surface area (Å²) in [6.07, 6.45) is 0.946. The molecule has 0 aromatic heterocycles. The van der Waals surface area contributed by atoms with Crippen LogP contribution in [0.5, 0.6) is 17.2 Å². The molecule has 2 N–H and O–H groups in total. The summed E-state index contributed by atoms with van der Waals surface area (Å²) in [7, 11) is 1.68. The number of ether oxygens (including phenoxy) is 3. The van der Waals surface area contributed by atoms with Crippen molar-refractivity contribution in [3.05, 3.63) is 17.7 Å². The highest BCUT2D eigenvalue weighted by atomic mass is 16.7. The van der Waals surface area contributed by atoms with Crippen LogP contribution in [0.2, 0.25) is 0 Å². The fourth-order valence-corrected chi connectivity index (χ4v) is 1.68. The Morgan fingerprint density at radius 1 is 1.35 bits per heavy atom. The number of hydrogen-bond acceptors (Lipinski definition) is 5. The monoisotopic (exact) mass is 239 g/mol. The number of fused-ring (bicyclic) bond motifs is 1. The van der Waals surface area contributed by atoms with Crippen LogP contribution < -0.4 is 14.8 Å². The topological polar surface area (TPSA) is 60.0 Å². The minimum Gasteiger partial charge on any atom is -0.507 e. The number of phenolic OH excluding ortho intramolecular Hbond substituents is 1. The van der Waals surface area contributed by atoms with Gasteiger partial charge in [-0.2, -0.15) is 0 Å². The second-order valence-electron chi connectivity index (χ2n) is 3.86. The zero-order valence-electron chi connectivity index (χ0n) is 9.86. The number of methoxy groups -OCH3 is 1. The first-order chi connectivity index (χ1) is 8.31. The van der Waals surface area contributed by atoms with Gasteiger partial charge in [-0.1, -0.05) is 0 Å².